The molecule has 4 aliphatic rings. The Hall–Kier alpha value is -2.80. The van der Waals surface area contributed by atoms with Crippen LogP contribution in [0.2, 0.25) is 0 Å². The molecule has 0 saturated carbocycles. The molecule has 6 heteroatoms. The Labute approximate surface area is 238 Å². The van der Waals surface area contributed by atoms with E-state index in [4.69, 9.17) is 23.7 Å². The molecule has 3 heterocycles. The second-order valence-corrected chi connectivity index (χ2v) is 11.5. The van der Waals surface area contributed by atoms with Crippen LogP contribution in [0.5, 0.6) is 11.5 Å². The largest absolute Gasteiger partial charge is 0.493 e. The summed E-state index contributed by atoms with van der Waals surface area (Å²) in [5.74, 6) is 3.27. The second kappa shape index (κ2) is 12.8. The molecule has 4 unspecified atom stereocenters. The van der Waals surface area contributed by atoms with E-state index in [9.17, 15) is 0 Å². The van der Waals surface area contributed by atoms with E-state index in [0.29, 0.717) is 24.4 Å². The van der Waals surface area contributed by atoms with E-state index in [1.807, 2.05) is 0 Å². The molecule has 0 amide bonds. The topological polar surface area (TPSA) is 49.4 Å². The second-order valence-electron chi connectivity index (χ2n) is 11.5. The zero-order valence-corrected chi connectivity index (χ0v) is 23.9. The molecular weight excluding hydrogens is 502 g/mol. The number of allylic oxidation sites excluding steroid dienone is 4. The van der Waals surface area contributed by atoms with Gasteiger partial charge in [-0.25, -0.2) is 0 Å². The van der Waals surface area contributed by atoms with Gasteiger partial charge in [-0.1, -0.05) is 42.5 Å². The lowest BCUT2D eigenvalue weighted by atomic mass is 9.71. The van der Waals surface area contributed by atoms with Gasteiger partial charge in [0.15, 0.2) is 12.6 Å². The molecule has 1 aliphatic carbocycles. The summed E-state index contributed by atoms with van der Waals surface area (Å²) in [5, 5.41) is 0. The predicted octanol–water partition coefficient (Wildman–Crippen LogP) is 6.70. The average Bonchev–Trinajstić information content (AvgIpc) is 3.02. The van der Waals surface area contributed by atoms with Gasteiger partial charge in [-0.15, -0.1) is 0 Å². The molecule has 6 nitrogen and oxygen atoms in total. The molecule has 6 rings (SSSR count). The molecule has 2 fully saturated rings. The highest BCUT2D eigenvalue weighted by molar-refractivity contribution is 5.53. The van der Waals surface area contributed by atoms with Gasteiger partial charge in [0.05, 0.1) is 13.2 Å². The quantitative estimate of drug-likeness (QED) is 0.344. The van der Waals surface area contributed by atoms with Crippen molar-refractivity contribution in [1.29, 1.82) is 0 Å². The first-order valence-corrected chi connectivity index (χ1v) is 15.0. The van der Waals surface area contributed by atoms with Crippen molar-refractivity contribution in [1.82, 2.24) is 0 Å². The van der Waals surface area contributed by atoms with Gasteiger partial charge in [0, 0.05) is 68.8 Å². The van der Waals surface area contributed by atoms with Crippen molar-refractivity contribution < 1.29 is 23.7 Å². The number of anilines is 1. The molecule has 2 saturated heterocycles. The normalized spacial score (nSPS) is 26.9. The minimum Gasteiger partial charge on any atom is -0.493 e. The zero-order valence-electron chi connectivity index (χ0n) is 23.9. The standard InChI is InChI=1S/C34H43NO5/c1-36-34(37-2)26-17-19-35(20-18-26)27-13-11-25(12-14-27)33-29-16-15-28(40-32-10-6-7-21-38-32)22-31(29)39-23-30(33)24-8-4-3-5-9-24/h3-5,8,11-16,22,24,26,30,32-34H,6-7,9-10,17-21,23H2,1-2H3. The summed E-state index contributed by atoms with van der Waals surface area (Å²) in [4.78, 5) is 2.49. The smallest absolute Gasteiger partial charge is 0.199 e. The summed E-state index contributed by atoms with van der Waals surface area (Å²) in [6.07, 6.45) is 15.1. The summed E-state index contributed by atoms with van der Waals surface area (Å²) < 4.78 is 29.5. The third-order valence-electron chi connectivity index (χ3n) is 9.16. The molecule has 40 heavy (non-hydrogen) atoms. The number of hydrogen-bond donors (Lipinski definition) is 0. The average molecular weight is 546 g/mol. The van der Waals surface area contributed by atoms with Crippen LogP contribution < -0.4 is 14.4 Å². The molecule has 0 spiro atoms. The number of fused-ring (bicyclic) bond motifs is 1. The summed E-state index contributed by atoms with van der Waals surface area (Å²) in [6.45, 7) is 3.50. The fourth-order valence-electron chi connectivity index (χ4n) is 6.96. The van der Waals surface area contributed by atoms with Crippen LogP contribution in [0.3, 0.4) is 0 Å². The van der Waals surface area contributed by atoms with E-state index in [-0.39, 0.29) is 18.5 Å². The van der Waals surface area contributed by atoms with Crippen molar-refractivity contribution in [3.8, 4) is 11.5 Å². The minimum atomic E-state index is -0.161. The van der Waals surface area contributed by atoms with E-state index in [2.05, 4.69) is 71.7 Å². The van der Waals surface area contributed by atoms with Gasteiger partial charge in [0.1, 0.15) is 11.5 Å². The van der Waals surface area contributed by atoms with Crippen molar-refractivity contribution in [2.45, 2.75) is 57.0 Å². The molecule has 2 aromatic carbocycles. The highest BCUT2D eigenvalue weighted by atomic mass is 16.7. The number of hydrogen-bond acceptors (Lipinski definition) is 6. The number of nitrogens with zero attached hydrogens (tertiary/aromatic N) is 1. The van der Waals surface area contributed by atoms with Crippen LogP contribution >= 0.6 is 0 Å². The monoisotopic (exact) mass is 545 g/mol. The third-order valence-corrected chi connectivity index (χ3v) is 9.16. The van der Waals surface area contributed by atoms with Crippen molar-refractivity contribution in [2.75, 3.05) is 45.4 Å². The van der Waals surface area contributed by atoms with Crippen LogP contribution in [-0.2, 0) is 14.2 Å². The van der Waals surface area contributed by atoms with Gasteiger partial charge < -0.3 is 28.6 Å². The Morgan fingerprint density at radius 1 is 0.925 bits per heavy atom. The van der Waals surface area contributed by atoms with Gasteiger partial charge in [-0.05, 0) is 61.8 Å². The molecule has 214 valence electrons. The van der Waals surface area contributed by atoms with Crippen LogP contribution in [0.15, 0.2) is 66.8 Å². The zero-order chi connectivity index (χ0) is 27.3. The van der Waals surface area contributed by atoms with E-state index < -0.39 is 0 Å². The van der Waals surface area contributed by atoms with Gasteiger partial charge in [-0.2, -0.15) is 0 Å². The maximum atomic E-state index is 6.43. The van der Waals surface area contributed by atoms with Crippen LogP contribution in [-0.4, -0.2) is 53.1 Å². The first-order chi connectivity index (χ1) is 19.7. The Balaban J connectivity index is 1.22. The van der Waals surface area contributed by atoms with Gasteiger partial charge in [0.2, 0.25) is 0 Å². The van der Waals surface area contributed by atoms with E-state index in [1.54, 1.807) is 14.2 Å². The molecular formula is C34H43NO5. The Morgan fingerprint density at radius 2 is 1.75 bits per heavy atom. The predicted molar refractivity (Wildman–Crippen MR) is 157 cm³/mol. The molecule has 0 aromatic heterocycles. The summed E-state index contributed by atoms with van der Waals surface area (Å²) in [7, 11) is 3.47. The minimum absolute atomic E-state index is 0.111. The van der Waals surface area contributed by atoms with Crippen LogP contribution in [0, 0.1) is 17.8 Å². The Morgan fingerprint density at radius 3 is 2.45 bits per heavy atom. The maximum absolute atomic E-state index is 6.43. The summed E-state index contributed by atoms with van der Waals surface area (Å²) in [6, 6.07) is 15.7. The van der Waals surface area contributed by atoms with Crippen LogP contribution in [0.4, 0.5) is 5.69 Å². The van der Waals surface area contributed by atoms with Gasteiger partial charge in [-0.3, -0.25) is 0 Å². The number of piperidine rings is 1. The lowest BCUT2D eigenvalue weighted by Crippen LogP contribution is -2.39. The van der Waals surface area contributed by atoms with Crippen molar-refractivity contribution in [2.24, 2.45) is 17.8 Å². The van der Waals surface area contributed by atoms with Crippen molar-refractivity contribution in [3.63, 3.8) is 0 Å². The molecule has 3 aliphatic heterocycles. The lowest BCUT2D eigenvalue weighted by molar-refractivity contribution is -0.141. The van der Waals surface area contributed by atoms with Gasteiger partial charge >= 0.3 is 0 Å². The summed E-state index contributed by atoms with van der Waals surface area (Å²) in [5.41, 5.74) is 3.88. The molecule has 2 aromatic rings. The summed E-state index contributed by atoms with van der Waals surface area (Å²) >= 11 is 0. The van der Waals surface area contributed by atoms with Crippen molar-refractivity contribution >= 4 is 5.69 Å². The number of ether oxygens (including phenoxy) is 5. The van der Waals surface area contributed by atoms with E-state index in [1.165, 1.54) is 16.8 Å². The molecule has 0 bridgehead atoms. The first kappa shape index (κ1) is 27.4. The number of rotatable bonds is 8. The molecule has 0 radical (unpaired) electrons. The van der Waals surface area contributed by atoms with E-state index in [0.717, 1.165) is 69.7 Å². The van der Waals surface area contributed by atoms with E-state index >= 15 is 0 Å². The molecule has 0 N–H and O–H groups in total. The Bertz CT molecular complexity index is 1160. The maximum Gasteiger partial charge on any atom is 0.199 e. The van der Waals surface area contributed by atoms with Crippen LogP contribution in [0.25, 0.3) is 0 Å². The highest BCUT2D eigenvalue weighted by Crippen LogP contribution is 2.47. The molecule has 4 atom stereocenters. The Kier molecular flexibility index (Phi) is 8.76. The first-order valence-electron chi connectivity index (χ1n) is 15.0. The third kappa shape index (κ3) is 5.95. The number of methoxy groups -OCH3 is 2. The van der Waals surface area contributed by atoms with Crippen molar-refractivity contribution in [3.05, 3.63) is 77.9 Å². The van der Waals surface area contributed by atoms with Gasteiger partial charge in [0.25, 0.3) is 0 Å². The number of benzene rings is 2. The fourth-order valence-corrected chi connectivity index (χ4v) is 6.96. The highest BCUT2D eigenvalue weighted by Gasteiger charge is 2.37. The fraction of sp³-hybridized carbons (Fsp3) is 0.529. The SMILES string of the molecule is COC(OC)C1CCN(c2ccc(C3c4ccc(OC5CCCCO5)cc4OCC3C3C=CC=CC3)cc2)CC1. The van der Waals surface area contributed by atoms with Crippen LogP contribution in [0.1, 0.15) is 55.6 Å². The lowest BCUT2D eigenvalue weighted by Gasteiger charge is -2.39.